The highest BCUT2D eigenvalue weighted by molar-refractivity contribution is 7.98. The topological polar surface area (TPSA) is 55.4 Å². The first kappa shape index (κ1) is 8.07. The van der Waals surface area contributed by atoms with Gasteiger partial charge >= 0.3 is 0 Å². The number of nitrogen functional groups attached to an aromatic ring is 1. The molecule has 0 aliphatic heterocycles. The van der Waals surface area contributed by atoms with Gasteiger partial charge in [-0.05, 0) is 29.6 Å². The second-order valence-electron chi connectivity index (χ2n) is 2.02. The van der Waals surface area contributed by atoms with E-state index in [1.165, 1.54) is 11.8 Å². The molecule has 11 heavy (non-hydrogen) atoms. The maximum atomic E-state index is 10.2. The molecule has 4 heteroatoms. The summed E-state index contributed by atoms with van der Waals surface area (Å²) in [6, 6.07) is 5.02. The Morgan fingerprint density at radius 3 is 2.82 bits per heavy atom. The van der Waals surface area contributed by atoms with Crippen molar-refractivity contribution in [3.05, 3.63) is 23.1 Å². The molecule has 0 fully saturated rings. The fraction of sp³-hybridized carbons (Fsp3) is 0.143. The van der Waals surface area contributed by atoms with Gasteiger partial charge in [0.15, 0.2) is 0 Å². The van der Waals surface area contributed by atoms with Crippen molar-refractivity contribution < 1.29 is 0 Å². The lowest BCUT2D eigenvalue weighted by Gasteiger charge is -1.99. The van der Waals surface area contributed by atoms with Crippen molar-refractivity contribution in [1.82, 2.24) is 0 Å². The van der Waals surface area contributed by atoms with E-state index in [0.29, 0.717) is 11.4 Å². The summed E-state index contributed by atoms with van der Waals surface area (Å²) in [5.74, 6) is 0. The second kappa shape index (κ2) is 3.39. The van der Waals surface area contributed by atoms with Gasteiger partial charge in [0.25, 0.3) is 0 Å². The van der Waals surface area contributed by atoms with Gasteiger partial charge in [0.05, 0.1) is 0 Å². The van der Waals surface area contributed by atoms with Crippen molar-refractivity contribution >= 4 is 23.1 Å². The van der Waals surface area contributed by atoms with Crippen LogP contribution in [0.5, 0.6) is 0 Å². The molecule has 0 saturated heterocycles. The number of nitrogens with zero attached hydrogens (tertiary/aromatic N) is 1. The minimum atomic E-state index is 0.451. The Morgan fingerprint density at radius 1 is 1.55 bits per heavy atom. The van der Waals surface area contributed by atoms with Gasteiger partial charge in [-0.2, -0.15) is 0 Å². The summed E-state index contributed by atoms with van der Waals surface area (Å²) in [4.78, 5) is 11.0. The number of thioether (sulfide) groups is 1. The van der Waals surface area contributed by atoms with Crippen molar-refractivity contribution in [2.75, 3.05) is 12.0 Å². The zero-order chi connectivity index (χ0) is 8.27. The number of nitroso groups, excluding NO2 is 1. The van der Waals surface area contributed by atoms with Crippen molar-refractivity contribution in [3.8, 4) is 0 Å². The first-order valence-electron chi connectivity index (χ1n) is 3.05. The van der Waals surface area contributed by atoms with E-state index in [1.54, 1.807) is 18.2 Å². The van der Waals surface area contributed by atoms with Crippen LogP contribution >= 0.6 is 11.8 Å². The molecule has 0 saturated carbocycles. The Labute approximate surface area is 69.0 Å². The van der Waals surface area contributed by atoms with Crippen LogP contribution in [-0.4, -0.2) is 6.26 Å². The minimum absolute atomic E-state index is 0.451. The highest BCUT2D eigenvalue weighted by Gasteiger charge is 2.00. The summed E-state index contributed by atoms with van der Waals surface area (Å²) >= 11 is 1.46. The first-order chi connectivity index (χ1) is 5.27. The lowest BCUT2D eigenvalue weighted by molar-refractivity contribution is 1.36. The monoisotopic (exact) mass is 168 g/mol. The van der Waals surface area contributed by atoms with E-state index >= 15 is 0 Å². The molecule has 2 N–H and O–H groups in total. The zero-order valence-corrected chi connectivity index (χ0v) is 6.89. The standard InChI is InChI=1S/C7H8N2OS/c1-11-7-4-5(8)2-3-6(7)9-10/h2-4H,8H2,1H3. The van der Waals surface area contributed by atoms with Crippen LogP contribution in [0.4, 0.5) is 11.4 Å². The summed E-state index contributed by atoms with van der Waals surface area (Å²) < 4.78 is 0. The molecule has 3 nitrogen and oxygen atoms in total. The van der Waals surface area contributed by atoms with Crippen LogP contribution in [0, 0.1) is 4.91 Å². The smallest absolute Gasteiger partial charge is 0.121 e. The first-order valence-corrected chi connectivity index (χ1v) is 4.27. The highest BCUT2D eigenvalue weighted by Crippen LogP contribution is 2.29. The van der Waals surface area contributed by atoms with E-state index in [0.717, 1.165) is 4.90 Å². The molecule has 0 atom stereocenters. The van der Waals surface area contributed by atoms with E-state index in [1.807, 2.05) is 6.26 Å². The molecular weight excluding hydrogens is 160 g/mol. The van der Waals surface area contributed by atoms with Gasteiger partial charge in [0.2, 0.25) is 0 Å². The van der Waals surface area contributed by atoms with Gasteiger partial charge < -0.3 is 5.73 Å². The zero-order valence-electron chi connectivity index (χ0n) is 6.07. The Bertz CT molecular complexity index is 275. The van der Waals surface area contributed by atoms with Crippen LogP contribution in [0.3, 0.4) is 0 Å². The van der Waals surface area contributed by atoms with Crippen molar-refractivity contribution in [2.24, 2.45) is 5.18 Å². The van der Waals surface area contributed by atoms with Gasteiger partial charge in [-0.15, -0.1) is 16.7 Å². The predicted molar refractivity (Wildman–Crippen MR) is 48.1 cm³/mol. The Kier molecular flexibility index (Phi) is 2.48. The Balaban J connectivity index is 3.16. The van der Waals surface area contributed by atoms with Crippen LogP contribution in [0.1, 0.15) is 0 Å². The number of hydrogen-bond acceptors (Lipinski definition) is 4. The third kappa shape index (κ3) is 1.71. The van der Waals surface area contributed by atoms with Gasteiger partial charge in [-0.1, -0.05) is 0 Å². The molecular formula is C7H8N2OS. The summed E-state index contributed by atoms with van der Waals surface area (Å²) in [5, 5.41) is 2.86. The lowest BCUT2D eigenvalue weighted by Crippen LogP contribution is -1.83. The predicted octanol–water partition coefficient (Wildman–Crippen LogP) is 2.39. The van der Waals surface area contributed by atoms with E-state index in [2.05, 4.69) is 5.18 Å². The normalized spacial score (nSPS) is 9.55. The van der Waals surface area contributed by atoms with Crippen molar-refractivity contribution in [1.29, 1.82) is 0 Å². The summed E-state index contributed by atoms with van der Waals surface area (Å²) in [6.45, 7) is 0. The third-order valence-corrected chi connectivity index (χ3v) is 2.07. The molecule has 1 rings (SSSR count). The molecule has 0 unspecified atom stereocenters. The maximum Gasteiger partial charge on any atom is 0.121 e. The van der Waals surface area contributed by atoms with Crippen molar-refractivity contribution in [2.45, 2.75) is 4.90 Å². The third-order valence-electron chi connectivity index (χ3n) is 1.30. The quantitative estimate of drug-likeness (QED) is 0.419. The van der Waals surface area contributed by atoms with Crippen molar-refractivity contribution in [3.63, 3.8) is 0 Å². The molecule has 0 bridgehead atoms. The molecule has 0 heterocycles. The summed E-state index contributed by atoms with van der Waals surface area (Å²) in [5.41, 5.74) is 6.61. The summed E-state index contributed by atoms with van der Waals surface area (Å²) in [6.07, 6.45) is 1.88. The highest BCUT2D eigenvalue weighted by atomic mass is 32.2. The Morgan fingerprint density at radius 2 is 2.27 bits per heavy atom. The van der Waals surface area contributed by atoms with E-state index < -0.39 is 0 Å². The molecule has 0 aliphatic carbocycles. The van der Waals surface area contributed by atoms with E-state index in [4.69, 9.17) is 5.73 Å². The maximum absolute atomic E-state index is 10.2. The van der Waals surface area contributed by atoms with Gasteiger partial charge in [0.1, 0.15) is 5.69 Å². The molecule has 0 spiro atoms. The van der Waals surface area contributed by atoms with Crippen LogP contribution < -0.4 is 5.73 Å². The molecule has 0 aromatic heterocycles. The number of anilines is 1. The second-order valence-corrected chi connectivity index (χ2v) is 2.87. The van der Waals surface area contributed by atoms with Gasteiger partial charge in [-0.25, -0.2) is 0 Å². The lowest BCUT2D eigenvalue weighted by atomic mass is 10.3. The average Bonchev–Trinajstić information content (AvgIpc) is 2.04. The van der Waals surface area contributed by atoms with Gasteiger partial charge in [-0.3, -0.25) is 0 Å². The van der Waals surface area contributed by atoms with E-state index in [9.17, 15) is 4.91 Å². The number of nitrogens with two attached hydrogens (primary N) is 1. The molecule has 58 valence electrons. The number of hydrogen-bond donors (Lipinski definition) is 1. The molecule has 1 aromatic rings. The van der Waals surface area contributed by atoms with E-state index in [-0.39, 0.29) is 0 Å². The minimum Gasteiger partial charge on any atom is -0.399 e. The van der Waals surface area contributed by atoms with Crippen LogP contribution in [0.2, 0.25) is 0 Å². The molecule has 1 aromatic carbocycles. The average molecular weight is 168 g/mol. The fourth-order valence-electron chi connectivity index (χ4n) is 0.770. The van der Waals surface area contributed by atoms with Crippen LogP contribution in [0.25, 0.3) is 0 Å². The molecule has 0 radical (unpaired) electrons. The SMILES string of the molecule is CSc1cc(N)ccc1N=O. The van der Waals surface area contributed by atoms with Crippen LogP contribution in [0.15, 0.2) is 28.3 Å². The molecule has 0 amide bonds. The number of benzene rings is 1. The summed E-state index contributed by atoms with van der Waals surface area (Å²) in [7, 11) is 0. The largest absolute Gasteiger partial charge is 0.399 e. The van der Waals surface area contributed by atoms with Gasteiger partial charge in [0, 0.05) is 10.6 Å². The molecule has 0 aliphatic rings. The fourth-order valence-corrected chi connectivity index (χ4v) is 1.34. The Hall–Kier alpha value is -1.03. The van der Waals surface area contributed by atoms with Crippen LogP contribution in [-0.2, 0) is 0 Å². The number of rotatable bonds is 2.